The zero-order chi connectivity index (χ0) is 7.40. The summed E-state index contributed by atoms with van der Waals surface area (Å²) in [4.78, 5) is 5.66. The Morgan fingerprint density at radius 2 is 2.30 bits per heavy atom. The van der Waals surface area contributed by atoms with E-state index in [0.717, 1.165) is 5.56 Å². The molecular weight excluding hydrogens is 213 g/mol. The first kappa shape index (κ1) is 7.76. The van der Waals surface area contributed by atoms with E-state index in [1.807, 2.05) is 12.1 Å². The Balaban J connectivity index is 2.95. The van der Waals surface area contributed by atoms with Gasteiger partial charge in [0.05, 0.1) is 5.02 Å². The molecule has 3 heteroatoms. The van der Waals surface area contributed by atoms with Crippen molar-refractivity contribution in [3.63, 3.8) is 0 Å². The van der Waals surface area contributed by atoms with E-state index >= 15 is 0 Å². The summed E-state index contributed by atoms with van der Waals surface area (Å²) < 4.78 is 0. The lowest BCUT2D eigenvalue weighted by Gasteiger charge is -1.90. The van der Waals surface area contributed by atoms with E-state index < -0.39 is 0 Å². The van der Waals surface area contributed by atoms with Crippen LogP contribution < -0.4 is 0 Å². The van der Waals surface area contributed by atoms with Crippen LogP contribution in [-0.2, 0) is 0 Å². The maximum atomic E-state index is 5.67. The van der Waals surface area contributed by atoms with Crippen LogP contribution in [0.5, 0.6) is 0 Å². The lowest BCUT2D eigenvalue weighted by Crippen LogP contribution is -1.74. The van der Waals surface area contributed by atoms with Crippen molar-refractivity contribution in [3.8, 4) is 0 Å². The van der Waals surface area contributed by atoms with Gasteiger partial charge in [0.1, 0.15) is 0 Å². The zero-order valence-corrected chi connectivity index (χ0v) is 7.43. The normalized spacial score (nSPS) is 10.6. The molecule has 10 heavy (non-hydrogen) atoms. The molecule has 0 fully saturated rings. The number of rotatable bonds is 1. The van der Waals surface area contributed by atoms with Crippen molar-refractivity contribution < 1.29 is 0 Å². The highest BCUT2D eigenvalue weighted by Gasteiger charge is 1.87. The van der Waals surface area contributed by atoms with Gasteiger partial charge in [0.25, 0.3) is 0 Å². The van der Waals surface area contributed by atoms with E-state index in [-0.39, 0.29) is 0 Å². The molecular formula is C7H5BrClN. The second-order valence-corrected chi connectivity index (χ2v) is 2.69. The topological polar surface area (TPSA) is 12.9 Å². The van der Waals surface area contributed by atoms with Crippen LogP contribution in [0.25, 0.3) is 6.08 Å². The van der Waals surface area contributed by atoms with E-state index in [2.05, 4.69) is 20.9 Å². The third-order valence-corrected chi connectivity index (χ3v) is 1.45. The Morgan fingerprint density at radius 1 is 1.50 bits per heavy atom. The van der Waals surface area contributed by atoms with E-state index in [4.69, 9.17) is 11.6 Å². The largest absolute Gasteiger partial charge is 0.263 e. The fourth-order valence-corrected chi connectivity index (χ4v) is 1.08. The molecule has 1 rings (SSSR count). The van der Waals surface area contributed by atoms with Gasteiger partial charge in [-0.3, -0.25) is 4.98 Å². The standard InChI is InChI=1S/C7H5BrClN/c8-2-1-6-3-7(9)5-10-4-6/h1-5H/b2-1+. The van der Waals surface area contributed by atoms with Gasteiger partial charge < -0.3 is 0 Å². The molecule has 0 aromatic carbocycles. The van der Waals surface area contributed by atoms with Crippen molar-refractivity contribution in [3.05, 3.63) is 34.0 Å². The SMILES string of the molecule is Clc1cncc(/C=C/Br)c1. The minimum atomic E-state index is 0.656. The summed E-state index contributed by atoms with van der Waals surface area (Å²) in [5, 5.41) is 0.656. The van der Waals surface area contributed by atoms with Crippen molar-refractivity contribution in [1.82, 2.24) is 4.98 Å². The summed E-state index contributed by atoms with van der Waals surface area (Å²) in [5.74, 6) is 0. The molecule has 0 spiro atoms. The molecule has 1 aromatic heterocycles. The minimum Gasteiger partial charge on any atom is -0.263 e. The van der Waals surface area contributed by atoms with Crippen LogP contribution in [0, 0.1) is 0 Å². The molecule has 0 unspecified atom stereocenters. The van der Waals surface area contributed by atoms with Gasteiger partial charge in [-0.05, 0) is 22.7 Å². The number of pyridine rings is 1. The van der Waals surface area contributed by atoms with Crippen molar-refractivity contribution >= 4 is 33.6 Å². The van der Waals surface area contributed by atoms with E-state index in [0.29, 0.717) is 5.02 Å². The van der Waals surface area contributed by atoms with E-state index in [1.165, 1.54) is 0 Å². The highest BCUT2D eigenvalue weighted by atomic mass is 79.9. The van der Waals surface area contributed by atoms with E-state index in [1.54, 1.807) is 17.4 Å². The summed E-state index contributed by atoms with van der Waals surface area (Å²) in [5.41, 5.74) is 0.990. The molecule has 0 saturated heterocycles. The predicted octanol–water partition coefficient (Wildman–Crippen LogP) is 3.10. The first-order valence-electron chi connectivity index (χ1n) is 2.70. The average Bonchev–Trinajstić information content (AvgIpc) is 1.88. The molecule has 1 heterocycles. The average molecular weight is 218 g/mol. The summed E-state index contributed by atoms with van der Waals surface area (Å²) in [6, 6.07) is 1.84. The highest BCUT2D eigenvalue weighted by Crippen LogP contribution is 2.09. The zero-order valence-electron chi connectivity index (χ0n) is 5.09. The minimum absolute atomic E-state index is 0.656. The molecule has 52 valence electrons. The summed E-state index contributed by atoms with van der Waals surface area (Å²) >= 11 is 8.83. The third-order valence-electron chi connectivity index (χ3n) is 0.981. The molecule has 0 aliphatic rings. The molecule has 0 N–H and O–H groups in total. The summed E-state index contributed by atoms with van der Waals surface area (Å²) in [7, 11) is 0. The Hall–Kier alpha value is -0.340. The van der Waals surface area contributed by atoms with Crippen molar-refractivity contribution in [1.29, 1.82) is 0 Å². The molecule has 0 bridgehead atoms. The molecule has 1 aromatic rings. The highest BCUT2D eigenvalue weighted by molar-refractivity contribution is 9.11. The van der Waals surface area contributed by atoms with Crippen LogP contribution in [0.3, 0.4) is 0 Å². The Bertz CT molecular complexity index is 247. The lowest BCUT2D eigenvalue weighted by atomic mass is 10.3. The molecule has 0 radical (unpaired) electrons. The Labute approximate surface area is 72.9 Å². The van der Waals surface area contributed by atoms with Gasteiger partial charge in [0.15, 0.2) is 0 Å². The summed E-state index contributed by atoms with van der Waals surface area (Å²) in [6.45, 7) is 0. The maximum absolute atomic E-state index is 5.67. The Kier molecular flexibility index (Phi) is 2.90. The monoisotopic (exact) mass is 217 g/mol. The first-order valence-corrected chi connectivity index (χ1v) is 3.99. The molecule has 0 atom stereocenters. The first-order chi connectivity index (χ1) is 4.83. The molecule has 0 aliphatic carbocycles. The van der Waals surface area contributed by atoms with Crippen molar-refractivity contribution in [2.75, 3.05) is 0 Å². The lowest BCUT2D eigenvalue weighted by molar-refractivity contribution is 1.32. The number of halogens is 2. The Morgan fingerprint density at radius 3 is 2.90 bits per heavy atom. The van der Waals surface area contributed by atoms with Gasteiger partial charge in [-0.15, -0.1) is 0 Å². The molecule has 0 amide bonds. The van der Waals surface area contributed by atoms with Gasteiger partial charge in [0, 0.05) is 12.4 Å². The molecule has 0 aliphatic heterocycles. The smallest absolute Gasteiger partial charge is 0.0595 e. The van der Waals surface area contributed by atoms with Crippen LogP contribution in [0.1, 0.15) is 5.56 Å². The maximum Gasteiger partial charge on any atom is 0.0595 e. The van der Waals surface area contributed by atoms with Crippen LogP contribution >= 0.6 is 27.5 Å². The predicted molar refractivity (Wildman–Crippen MR) is 47.2 cm³/mol. The molecule has 1 nitrogen and oxygen atoms in total. The third kappa shape index (κ3) is 2.12. The van der Waals surface area contributed by atoms with Crippen molar-refractivity contribution in [2.45, 2.75) is 0 Å². The van der Waals surface area contributed by atoms with Gasteiger partial charge in [-0.1, -0.05) is 27.5 Å². The number of nitrogens with zero attached hydrogens (tertiary/aromatic N) is 1. The van der Waals surface area contributed by atoms with Crippen molar-refractivity contribution in [2.24, 2.45) is 0 Å². The van der Waals surface area contributed by atoms with Gasteiger partial charge in [-0.2, -0.15) is 0 Å². The summed E-state index contributed by atoms with van der Waals surface area (Å²) in [6.07, 6.45) is 5.22. The number of aromatic nitrogens is 1. The van der Waals surface area contributed by atoms with Gasteiger partial charge in [-0.25, -0.2) is 0 Å². The number of hydrogen-bond donors (Lipinski definition) is 0. The quantitative estimate of drug-likeness (QED) is 0.706. The molecule has 0 saturated carbocycles. The van der Waals surface area contributed by atoms with E-state index in [9.17, 15) is 0 Å². The van der Waals surface area contributed by atoms with Crippen LogP contribution in [0.4, 0.5) is 0 Å². The van der Waals surface area contributed by atoms with Crippen LogP contribution in [-0.4, -0.2) is 4.98 Å². The number of hydrogen-bond acceptors (Lipinski definition) is 1. The fourth-order valence-electron chi connectivity index (χ4n) is 0.592. The second-order valence-electron chi connectivity index (χ2n) is 1.73. The van der Waals surface area contributed by atoms with Crippen LogP contribution in [0.2, 0.25) is 5.02 Å². The fraction of sp³-hybridized carbons (Fsp3) is 0. The van der Waals surface area contributed by atoms with Gasteiger partial charge >= 0.3 is 0 Å². The second kappa shape index (κ2) is 3.74. The van der Waals surface area contributed by atoms with Gasteiger partial charge in [0.2, 0.25) is 0 Å². The van der Waals surface area contributed by atoms with Crippen LogP contribution in [0.15, 0.2) is 23.4 Å².